The largest absolute Gasteiger partial charge is 0.398 e. The molecule has 0 aliphatic carbocycles. The van der Waals surface area contributed by atoms with Crippen molar-refractivity contribution in [3.05, 3.63) is 42.2 Å². The highest BCUT2D eigenvalue weighted by atomic mass is 19.1. The summed E-state index contributed by atoms with van der Waals surface area (Å²) < 4.78 is 15.7. The molecule has 1 aromatic heterocycles. The monoisotopic (exact) mass is 291 g/mol. The van der Waals surface area contributed by atoms with Gasteiger partial charge in [0, 0.05) is 31.2 Å². The fourth-order valence-electron chi connectivity index (χ4n) is 2.00. The van der Waals surface area contributed by atoms with E-state index in [4.69, 9.17) is 11.5 Å². The van der Waals surface area contributed by atoms with Crippen LogP contribution in [0.2, 0.25) is 0 Å². The van der Waals surface area contributed by atoms with E-state index in [0.717, 1.165) is 25.5 Å². The molecule has 112 valence electrons. The predicted molar refractivity (Wildman–Crippen MR) is 79.3 cm³/mol. The second-order valence-electron chi connectivity index (χ2n) is 4.72. The molecule has 6 nitrogen and oxygen atoms in total. The number of nitrogen functional groups attached to an aromatic ring is 1. The third-order valence-corrected chi connectivity index (χ3v) is 3.12. The van der Waals surface area contributed by atoms with E-state index in [0.29, 0.717) is 6.54 Å². The Labute approximate surface area is 122 Å². The zero-order valence-electron chi connectivity index (χ0n) is 11.6. The number of hydrogen-bond donors (Lipinski definition) is 3. The molecule has 2 rings (SSSR count). The minimum Gasteiger partial charge on any atom is -0.398 e. The quantitative estimate of drug-likeness (QED) is 0.533. The first-order chi connectivity index (χ1) is 10.1. The number of rotatable bonds is 7. The number of halogens is 1. The standard InChI is InChI=1S/C14H18FN5O/c15-11-8-12(16)10(14(17)21)7-13(11)19-3-1-2-5-20-6-4-18-9-20/h4,6-9,19H,1-3,5,16H2,(H2,17,21). The number of nitrogens with one attached hydrogen (secondary N) is 1. The molecule has 0 radical (unpaired) electrons. The molecule has 1 aromatic carbocycles. The average molecular weight is 291 g/mol. The molecule has 0 saturated carbocycles. The van der Waals surface area contributed by atoms with Gasteiger partial charge in [0.1, 0.15) is 5.82 Å². The summed E-state index contributed by atoms with van der Waals surface area (Å²) in [5.74, 6) is -1.16. The molecule has 0 bridgehead atoms. The van der Waals surface area contributed by atoms with Crippen LogP contribution in [0.3, 0.4) is 0 Å². The van der Waals surface area contributed by atoms with Gasteiger partial charge in [-0.05, 0) is 25.0 Å². The number of anilines is 2. The lowest BCUT2D eigenvalue weighted by atomic mass is 10.1. The minimum absolute atomic E-state index is 0.0469. The molecule has 1 amide bonds. The van der Waals surface area contributed by atoms with Crippen molar-refractivity contribution < 1.29 is 9.18 Å². The van der Waals surface area contributed by atoms with Crippen molar-refractivity contribution in [3.8, 4) is 0 Å². The van der Waals surface area contributed by atoms with E-state index in [-0.39, 0.29) is 16.9 Å². The van der Waals surface area contributed by atoms with Crippen LogP contribution in [0.1, 0.15) is 23.2 Å². The molecule has 21 heavy (non-hydrogen) atoms. The molecule has 5 N–H and O–H groups in total. The third-order valence-electron chi connectivity index (χ3n) is 3.12. The molecule has 0 aliphatic rings. The summed E-state index contributed by atoms with van der Waals surface area (Å²) in [6.07, 6.45) is 7.17. The Bertz CT molecular complexity index is 612. The minimum atomic E-state index is -0.671. The molecular formula is C14H18FN5O. The number of primary amides is 1. The van der Waals surface area contributed by atoms with Gasteiger partial charge in [-0.25, -0.2) is 9.37 Å². The van der Waals surface area contributed by atoms with Crippen molar-refractivity contribution in [2.75, 3.05) is 17.6 Å². The third kappa shape index (κ3) is 3.95. The van der Waals surface area contributed by atoms with Gasteiger partial charge in [0.2, 0.25) is 0 Å². The van der Waals surface area contributed by atoms with Crippen LogP contribution in [-0.4, -0.2) is 22.0 Å². The van der Waals surface area contributed by atoms with E-state index in [9.17, 15) is 9.18 Å². The second kappa shape index (κ2) is 6.74. The normalized spacial score (nSPS) is 10.5. The summed E-state index contributed by atoms with van der Waals surface area (Å²) in [5, 5.41) is 2.95. The summed E-state index contributed by atoms with van der Waals surface area (Å²) in [4.78, 5) is 15.1. The van der Waals surface area contributed by atoms with Crippen molar-refractivity contribution in [2.24, 2.45) is 5.73 Å². The first kappa shape index (κ1) is 14.8. The van der Waals surface area contributed by atoms with Crippen LogP contribution in [0.4, 0.5) is 15.8 Å². The summed E-state index contributed by atoms with van der Waals surface area (Å²) in [6, 6.07) is 2.46. The molecule has 0 aliphatic heterocycles. The molecule has 0 unspecified atom stereocenters. The Morgan fingerprint density at radius 3 is 2.86 bits per heavy atom. The number of unbranched alkanes of at least 4 members (excludes halogenated alkanes) is 1. The number of amides is 1. The maximum atomic E-state index is 13.7. The molecule has 2 aromatic rings. The lowest BCUT2D eigenvalue weighted by Crippen LogP contribution is -2.15. The SMILES string of the molecule is NC(=O)c1cc(NCCCCn2ccnc2)c(F)cc1N. The molecule has 0 atom stereocenters. The van der Waals surface area contributed by atoms with Gasteiger partial charge in [0.15, 0.2) is 0 Å². The first-order valence-corrected chi connectivity index (χ1v) is 6.66. The van der Waals surface area contributed by atoms with Gasteiger partial charge < -0.3 is 21.4 Å². The number of aryl methyl sites for hydroxylation is 1. The van der Waals surface area contributed by atoms with Crippen molar-refractivity contribution in [1.29, 1.82) is 0 Å². The van der Waals surface area contributed by atoms with Gasteiger partial charge in [-0.3, -0.25) is 4.79 Å². The van der Waals surface area contributed by atoms with Crippen molar-refractivity contribution >= 4 is 17.3 Å². The summed E-state index contributed by atoms with van der Waals surface area (Å²) in [5.41, 5.74) is 11.1. The van der Waals surface area contributed by atoms with E-state index >= 15 is 0 Å². The highest BCUT2D eigenvalue weighted by molar-refractivity contribution is 5.99. The smallest absolute Gasteiger partial charge is 0.250 e. The first-order valence-electron chi connectivity index (χ1n) is 6.66. The highest BCUT2D eigenvalue weighted by Crippen LogP contribution is 2.21. The van der Waals surface area contributed by atoms with Crippen LogP contribution in [0.25, 0.3) is 0 Å². The predicted octanol–water partition coefficient (Wildman–Crippen LogP) is 1.60. The summed E-state index contributed by atoms with van der Waals surface area (Å²) in [6.45, 7) is 1.45. The Hall–Kier alpha value is -2.57. The number of hydrogen-bond acceptors (Lipinski definition) is 4. The van der Waals surface area contributed by atoms with Crippen LogP contribution in [0.15, 0.2) is 30.9 Å². The molecule has 7 heteroatoms. The molecular weight excluding hydrogens is 273 g/mol. The number of aromatic nitrogens is 2. The summed E-state index contributed by atoms with van der Waals surface area (Å²) in [7, 11) is 0. The van der Waals surface area contributed by atoms with Crippen LogP contribution < -0.4 is 16.8 Å². The molecule has 0 fully saturated rings. The van der Waals surface area contributed by atoms with Gasteiger partial charge >= 0.3 is 0 Å². The molecule has 0 spiro atoms. The number of benzene rings is 1. The number of nitrogens with two attached hydrogens (primary N) is 2. The zero-order chi connectivity index (χ0) is 15.2. The number of nitrogens with zero attached hydrogens (tertiary/aromatic N) is 2. The van der Waals surface area contributed by atoms with E-state index in [1.807, 2.05) is 10.8 Å². The van der Waals surface area contributed by atoms with E-state index in [1.54, 1.807) is 12.5 Å². The number of imidazole rings is 1. The van der Waals surface area contributed by atoms with Gasteiger partial charge in [-0.1, -0.05) is 0 Å². The van der Waals surface area contributed by atoms with Gasteiger partial charge in [0.25, 0.3) is 5.91 Å². The summed E-state index contributed by atoms with van der Waals surface area (Å²) >= 11 is 0. The topological polar surface area (TPSA) is 99.0 Å². The highest BCUT2D eigenvalue weighted by Gasteiger charge is 2.11. The molecule has 0 saturated heterocycles. The van der Waals surface area contributed by atoms with Crippen molar-refractivity contribution in [3.63, 3.8) is 0 Å². The lowest BCUT2D eigenvalue weighted by molar-refractivity contribution is 0.100. The van der Waals surface area contributed by atoms with Crippen LogP contribution in [0.5, 0.6) is 0 Å². The van der Waals surface area contributed by atoms with Gasteiger partial charge in [0.05, 0.1) is 17.6 Å². The number of carbonyl (C=O) groups is 1. The maximum absolute atomic E-state index is 13.7. The van der Waals surface area contributed by atoms with Crippen LogP contribution in [-0.2, 0) is 6.54 Å². The second-order valence-corrected chi connectivity index (χ2v) is 4.72. The Morgan fingerprint density at radius 2 is 2.19 bits per heavy atom. The van der Waals surface area contributed by atoms with E-state index < -0.39 is 11.7 Å². The van der Waals surface area contributed by atoms with Gasteiger partial charge in [-0.2, -0.15) is 0 Å². The lowest BCUT2D eigenvalue weighted by Gasteiger charge is -2.10. The Balaban J connectivity index is 1.85. The number of carbonyl (C=O) groups excluding carboxylic acids is 1. The van der Waals surface area contributed by atoms with Crippen LogP contribution in [0, 0.1) is 5.82 Å². The van der Waals surface area contributed by atoms with Crippen molar-refractivity contribution in [1.82, 2.24) is 9.55 Å². The zero-order valence-corrected chi connectivity index (χ0v) is 11.6. The fraction of sp³-hybridized carbons (Fsp3) is 0.286. The average Bonchev–Trinajstić information content (AvgIpc) is 2.93. The Morgan fingerprint density at radius 1 is 1.38 bits per heavy atom. The fourth-order valence-corrected chi connectivity index (χ4v) is 2.00. The molecule has 1 heterocycles. The van der Waals surface area contributed by atoms with E-state index in [2.05, 4.69) is 10.3 Å². The maximum Gasteiger partial charge on any atom is 0.250 e. The van der Waals surface area contributed by atoms with Crippen LogP contribution >= 0.6 is 0 Å². The van der Waals surface area contributed by atoms with Crippen molar-refractivity contribution in [2.45, 2.75) is 19.4 Å². The van der Waals surface area contributed by atoms with Gasteiger partial charge in [-0.15, -0.1) is 0 Å². The van der Waals surface area contributed by atoms with E-state index in [1.165, 1.54) is 6.07 Å². The Kier molecular flexibility index (Phi) is 4.76.